The number of anilines is 1. The van der Waals surface area contributed by atoms with Gasteiger partial charge in [-0.3, -0.25) is 0 Å². The number of fused-ring (bicyclic) bond motifs is 1. The lowest BCUT2D eigenvalue weighted by molar-refractivity contribution is 0.295. The van der Waals surface area contributed by atoms with E-state index in [9.17, 15) is 8.42 Å². The van der Waals surface area contributed by atoms with E-state index in [0.29, 0.717) is 17.6 Å². The lowest BCUT2D eigenvalue weighted by Crippen LogP contribution is -2.50. The van der Waals surface area contributed by atoms with Crippen LogP contribution in [0.5, 0.6) is 0 Å². The molecule has 0 unspecified atom stereocenters. The van der Waals surface area contributed by atoms with Crippen molar-refractivity contribution in [2.75, 3.05) is 24.5 Å². The SMILES string of the molecule is Cc1cc(Cl)n2ncnc(N3CC(CCN(C(C)C)S(N)(=O)=O)C3)c12. The van der Waals surface area contributed by atoms with Gasteiger partial charge in [-0.25, -0.2) is 14.6 Å². The van der Waals surface area contributed by atoms with Crippen LogP contribution in [0.3, 0.4) is 0 Å². The van der Waals surface area contributed by atoms with Crippen LogP contribution in [0.2, 0.25) is 5.15 Å². The summed E-state index contributed by atoms with van der Waals surface area (Å²) < 4.78 is 26.3. The third-order valence-electron chi connectivity index (χ3n) is 4.60. The fourth-order valence-electron chi connectivity index (χ4n) is 3.31. The largest absolute Gasteiger partial charge is 0.354 e. The molecule has 0 atom stereocenters. The summed E-state index contributed by atoms with van der Waals surface area (Å²) in [6, 6.07) is 1.73. The molecule has 0 saturated carbocycles. The van der Waals surface area contributed by atoms with Gasteiger partial charge in [0.15, 0.2) is 5.82 Å². The van der Waals surface area contributed by atoms with Crippen molar-refractivity contribution in [1.29, 1.82) is 0 Å². The summed E-state index contributed by atoms with van der Waals surface area (Å²) in [6.07, 6.45) is 2.27. The third kappa shape index (κ3) is 3.59. The Morgan fingerprint density at radius 1 is 1.44 bits per heavy atom. The van der Waals surface area contributed by atoms with Crippen LogP contribution in [-0.4, -0.2) is 53.0 Å². The van der Waals surface area contributed by atoms with Crippen molar-refractivity contribution in [1.82, 2.24) is 18.9 Å². The highest BCUT2D eigenvalue weighted by atomic mass is 35.5. The zero-order valence-electron chi connectivity index (χ0n) is 14.6. The highest BCUT2D eigenvalue weighted by Gasteiger charge is 2.31. The Labute approximate surface area is 152 Å². The zero-order valence-corrected chi connectivity index (χ0v) is 16.1. The number of rotatable bonds is 6. The van der Waals surface area contributed by atoms with Crippen molar-refractivity contribution >= 4 is 33.1 Å². The van der Waals surface area contributed by atoms with Crippen LogP contribution in [0.4, 0.5) is 5.82 Å². The molecule has 25 heavy (non-hydrogen) atoms. The van der Waals surface area contributed by atoms with Crippen LogP contribution in [0, 0.1) is 12.8 Å². The van der Waals surface area contributed by atoms with Crippen molar-refractivity contribution in [3.63, 3.8) is 0 Å². The number of hydrogen-bond acceptors (Lipinski definition) is 5. The van der Waals surface area contributed by atoms with Crippen molar-refractivity contribution in [2.24, 2.45) is 11.1 Å². The molecule has 2 N–H and O–H groups in total. The first-order valence-corrected chi connectivity index (χ1v) is 10.1. The van der Waals surface area contributed by atoms with E-state index in [1.165, 1.54) is 10.6 Å². The minimum absolute atomic E-state index is 0.141. The Balaban J connectivity index is 1.66. The van der Waals surface area contributed by atoms with E-state index in [4.69, 9.17) is 16.7 Å². The molecule has 8 nitrogen and oxygen atoms in total. The van der Waals surface area contributed by atoms with Crippen LogP contribution in [0.15, 0.2) is 12.4 Å². The second kappa shape index (κ2) is 6.71. The second-order valence-electron chi connectivity index (χ2n) is 6.80. The molecule has 0 amide bonds. The predicted molar refractivity (Wildman–Crippen MR) is 98.0 cm³/mol. The molecule has 0 bridgehead atoms. The number of halogens is 1. The van der Waals surface area contributed by atoms with E-state index < -0.39 is 10.2 Å². The summed E-state index contributed by atoms with van der Waals surface area (Å²) in [5.41, 5.74) is 1.95. The van der Waals surface area contributed by atoms with Gasteiger partial charge in [-0.15, -0.1) is 0 Å². The van der Waals surface area contributed by atoms with Crippen molar-refractivity contribution in [3.05, 3.63) is 23.1 Å². The topological polar surface area (TPSA) is 96.8 Å². The van der Waals surface area contributed by atoms with Crippen LogP contribution in [0.1, 0.15) is 25.8 Å². The zero-order chi connectivity index (χ0) is 18.4. The molecule has 3 rings (SSSR count). The van der Waals surface area contributed by atoms with Gasteiger partial charge in [0, 0.05) is 25.7 Å². The molecule has 1 aliphatic rings. The van der Waals surface area contributed by atoms with E-state index in [0.717, 1.165) is 36.4 Å². The van der Waals surface area contributed by atoms with Gasteiger partial charge in [-0.2, -0.15) is 17.8 Å². The number of aromatic nitrogens is 3. The van der Waals surface area contributed by atoms with E-state index in [1.54, 1.807) is 4.52 Å². The number of hydrogen-bond donors (Lipinski definition) is 1. The first-order chi connectivity index (χ1) is 11.7. The van der Waals surface area contributed by atoms with Gasteiger partial charge in [0.1, 0.15) is 17.0 Å². The van der Waals surface area contributed by atoms with E-state index in [2.05, 4.69) is 15.0 Å². The highest BCUT2D eigenvalue weighted by molar-refractivity contribution is 7.86. The highest BCUT2D eigenvalue weighted by Crippen LogP contribution is 2.32. The lowest BCUT2D eigenvalue weighted by Gasteiger charge is -2.41. The summed E-state index contributed by atoms with van der Waals surface area (Å²) in [4.78, 5) is 6.58. The fourth-order valence-corrected chi connectivity index (χ4v) is 4.54. The van der Waals surface area contributed by atoms with E-state index >= 15 is 0 Å². The van der Waals surface area contributed by atoms with Crippen molar-refractivity contribution in [2.45, 2.75) is 33.2 Å². The van der Waals surface area contributed by atoms with Crippen molar-refractivity contribution in [3.8, 4) is 0 Å². The van der Waals surface area contributed by atoms with Gasteiger partial charge in [0.05, 0.1) is 0 Å². The summed E-state index contributed by atoms with van der Waals surface area (Å²) in [5.74, 6) is 1.27. The maximum absolute atomic E-state index is 11.6. The van der Waals surface area contributed by atoms with Gasteiger partial charge in [-0.05, 0) is 44.7 Å². The van der Waals surface area contributed by atoms with E-state index in [-0.39, 0.29) is 6.04 Å². The summed E-state index contributed by atoms with van der Waals surface area (Å²) in [7, 11) is -3.66. The van der Waals surface area contributed by atoms with Crippen LogP contribution in [0.25, 0.3) is 5.52 Å². The molecule has 1 aliphatic heterocycles. The molecule has 1 fully saturated rings. The maximum Gasteiger partial charge on any atom is 0.277 e. The molecular weight excluding hydrogens is 364 g/mol. The fraction of sp³-hybridized carbons (Fsp3) is 0.600. The molecule has 0 aromatic carbocycles. The molecule has 0 aliphatic carbocycles. The van der Waals surface area contributed by atoms with Gasteiger partial charge in [-0.1, -0.05) is 11.6 Å². The molecule has 10 heteroatoms. The second-order valence-corrected chi connectivity index (χ2v) is 8.69. The Hall–Kier alpha value is -1.42. The van der Waals surface area contributed by atoms with Crippen molar-refractivity contribution < 1.29 is 8.42 Å². The number of aryl methyl sites for hydroxylation is 1. The van der Waals surface area contributed by atoms with Gasteiger partial charge in [0.25, 0.3) is 10.2 Å². The normalized spacial score (nSPS) is 16.2. The molecule has 2 aromatic heterocycles. The average molecular weight is 387 g/mol. The summed E-state index contributed by atoms with van der Waals surface area (Å²) >= 11 is 6.18. The summed E-state index contributed by atoms with van der Waals surface area (Å²) in [5, 5.41) is 10.0. The number of nitrogens with zero attached hydrogens (tertiary/aromatic N) is 5. The monoisotopic (exact) mass is 386 g/mol. The molecule has 1 saturated heterocycles. The predicted octanol–water partition coefficient (Wildman–Crippen LogP) is 1.43. The Bertz CT molecular complexity index is 876. The standard InChI is InChI=1S/C15H23ClN6O2S/c1-10(2)21(25(17,23)24)5-4-12-7-20(8-12)15-14-11(3)6-13(16)22(14)19-9-18-15/h6,9-10,12H,4-5,7-8H2,1-3H3,(H2,17,23,24). The molecule has 3 heterocycles. The molecule has 0 spiro atoms. The smallest absolute Gasteiger partial charge is 0.277 e. The van der Waals surface area contributed by atoms with Crippen LogP contribution in [-0.2, 0) is 10.2 Å². The summed E-state index contributed by atoms with van der Waals surface area (Å²) in [6.45, 7) is 7.72. The third-order valence-corrected chi connectivity index (χ3v) is 6.13. The molecular formula is C15H23ClN6O2S. The first kappa shape index (κ1) is 18.4. The Morgan fingerprint density at radius 2 is 2.12 bits per heavy atom. The molecule has 138 valence electrons. The van der Waals surface area contributed by atoms with Crippen LogP contribution >= 0.6 is 11.6 Å². The quantitative estimate of drug-likeness (QED) is 0.810. The van der Waals surface area contributed by atoms with E-state index in [1.807, 2.05) is 26.8 Å². The first-order valence-electron chi connectivity index (χ1n) is 8.22. The molecule has 0 radical (unpaired) electrons. The average Bonchev–Trinajstić information content (AvgIpc) is 2.75. The molecule has 2 aromatic rings. The minimum Gasteiger partial charge on any atom is -0.354 e. The lowest BCUT2D eigenvalue weighted by atomic mass is 9.96. The Kier molecular flexibility index (Phi) is 4.93. The minimum atomic E-state index is -3.66. The number of nitrogens with two attached hydrogens (primary N) is 1. The van der Waals surface area contributed by atoms with Gasteiger partial charge < -0.3 is 4.90 Å². The van der Waals surface area contributed by atoms with Gasteiger partial charge in [0.2, 0.25) is 0 Å². The van der Waals surface area contributed by atoms with Crippen LogP contribution < -0.4 is 10.0 Å². The van der Waals surface area contributed by atoms with Gasteiger partial charge >= 0.3 is 0 Å². The maximum atomic E-state index is 11.6. The Morgan fingerprint density at radius 3 is 2.72 bits per heavy atom.